The Kier molecular flexibility index (Phi) is 23.1. The van der Waals surface area contributed by atoms with Gasteiger partial charge in [0, 0.05) is 13.2 Å². The lowest BCUT2D eigenvalue weighted by atomic mass is 10.1. The van der Waals surface area contributed by atoms with Crippen LogP contribution < -0.4 is 0 Å². The van der Waals surface area contributed by atoms with Crippen LogP contribution in [-0.2, 0) is 37.9 Å². The lowest BCUT2D eigenvalue weighted by Crippen LogP contribution is -2.50. The van der Waals surface area contributed by atoms with Crippen molar-refractivity contribution in [3.05, 3.63) is 0 Å². The zero-order valence-electron chi connectivity index (χ0n) is 41.0. The summed E-state index contributed by atoms with van der Waals surface area (Å²) in [5.74, 6) is -1.31. The Morgan fingerprint density at radius 2 is 0.700 bits per heavy atom. The standard InChI is InChI=1S/C50H98N2O8/c1-11-13-15-17-19-21-23-25-27-31-35-51(7,8)39-41-43(45-47(55-41)59-49(3,4)57-45)53-37-33-29-30-34-38-54-44-42(56-48-46(44)58-50(5,6)60-48)40-52(9,10)36-32-28-26-24-22-20-18-16-14-12-2/h41-48H,11-40H2,1-10H3/q+2. The first kappa shape index (κ1) is 52.2. The van der Waals surface area contributed by atoms with Crippen LogP contribution in [0.15, 0.2) is 0 Å². The van der Waals surface area contributed by atoms with Crippen molar-refractivity contribution in [3.63, 3.8) is 0 Å². The quantitative estimate of drug-likeness (QED) is 0.0461. The minimum absolute atomic E-state index is 0.0432. The number of ether oxygens (including phenoxy) is 8. The van der Waals surface area contributed by atoms with Gasteiger partial charge in [-0.3, -0.25) is 0 Å². The fraction of sp³-hybridized carbons (Fsp3) is 1.00. The summed E-state index contributed by atoms with van der Waals surface area (Å²) in [5.41, 5.74) is 0. The average Bonchev–Trinajstić information content (AvgIpc) is 3.84. The fourth-order valence-corrected chi connectivity index (χ4v) is 10.00. The molecule has 0 spiro atoms. The molecule has 354 valence electrons. The van der Waals surface area contributed by atoms with Crippen LogP contribution in [0.2, 0.25) is 0 Å². The third-order valence-corrected chi connectivity index (χ3v) is 13.4. The topological polar surface area (TPSA) is 73.8 Å². The van der Waals surface area contributed by atoms with Gasteiger partial charge in [-0.1, -0.05) is 129 Å². The van der Waals surface area contributed by atoms with Gasteiger partial charge >= 0.3 is 0 Å². The molecule has 0 N–H and O–H groups in total. The minimum Gasteiger partial charge on any atom is -0.372 e. The predicted octanol–water partition coefficient (Wildman–Crippen LogP) is 11.1. The largest absolute Gasteiger partial charge is 0.372 e. The van der Waals surface area contributed by atoms with E-state index in [1.165, 1.54) is 128 Å². The second-order valence-corrected chi connectivity index (χ2v) is 21.4. The van der Waals surface area contributed by atoms with Crippen LogP contribution in [0.25, 0.3) is 0 Å². The smallest absolute Gasteiger partial charge is 0.190 e. The lowest BCUT2D eigenvalue weighted by molar-refractivity contribution is -0.894. The SMILES string of the molecule is CCCCCCCCCCCC[N+](C)(C)CC1OC2OC(C)(C)OC2C1OCCCCCCOC1C(C[N+](C)(C)CCCCCCCCCCCC)OC2OC(C)(C)OC21. The van der Waals surface area contributed by atoms with E-state index in [9.17, 15) is 0 Å². The van der Waals surface area contributed by atoms with Crippen molar-refractivity contribution in [3.8, 4) is 0 Å². The summed E-state index contributed by atoms with van der Waals surface area (Å²) in [6.45, 7) is 17.9. The van der Waals surface area contributed by atoms with Crippen LogP contribution in [0.5, 0.6) is 0 Å². The van der Waals surface area contributed by atoms with E-state index in [1.54, 1.807) is 0 Å². The minimum atomic E-state index is -0.654. The number of rotatable bonds is 35. The number of likely N-dealkylation sites (N-methyl/N-ethyl adjacent to an activating group) is 2. The van der Waals surface area contributed by atoms with Gasteiger partial charge in [-0.25, -0.2) is 0 Å². The molecule has 4 heterocycles. The van der Waals surface area contributed by atoms with E-state index in [4.69, 9.17) is 37.9 Å². The normalized spacial score (nSPS) is 28.5. The molecule has 4 fully saturated rings. The summed E-state index contributed by atoms with van der Waals surface area (Å²) in [6, 6.07) is 0. The first-order valence-electron chi connectivity index (χ1n) is 25.5. The zero-order chi connectivity index (χ0) is 43.5. The van der Waals surface area contributed by atoms with Crippen molar-refractivity contribution in [2.75, 3.05) is 67.6 Å². The number of quaternary nitrogens is 2. The van der Waals surface area contributed by atoms with E-state index in [0.717, 1.165) is 60.8 Å². The molecule has 0 saturated carbocycles. The molecule has 0 aliphatic carbocycles. The highest BCUT2D eigenvalue weighted by Crippen LogP contribution is 2.41. The second-order valence-electron chi connectivity index (χ2n) is 21.4. The Morgan fingerprint density at radius 3 is 1.03 bits per heavy atom. The predicted molar refractivity (Wildman–Crippen MR) is 243 cm³/mol. The Bertz CT molecular complexity index is 1050. The summed E-state index contributed by atoms with van der Waals surface area (Å²) >= 11 is 0. The van der Waals surface area contributed by atoms with E-state index in [0.29, 0.717) is 13.2 Å². The van der Waals surface area contributed by atoms with Gasteiger partial charge in [-0.2, -0.15) is 0 Å². The molecule has 60 heavy (non-hydrogen) atoms. The van der Waals surface area contributed by atoms with Gasteiger partial charge in [0.2, 0.25) is 0 Å². The van der Waals surface area contributed by atoms with E-state index in [-0.39, 0.29) is 49.2 Å². The van der Waals surface area contributed by atoms with Crippen molar-refractivity contribution in [2.45, 2.75) is 256 Å². The first-order chi connectivity index (χ1) is 28.6. The Hall–Kier alpha value is -0.400. The molecule has 0 aromatic rings. The van der Waals surface area contributed by atoms with Crippen molar-refractivity contribution < 1.29 is 46.9 Å². The van der Waals surface area contributed by atoms with Crippen LogP contribution in [0.3, 0.4) is 0 Å². The third kappa shape index (κ3) is 19.0. The van der Waals surface area contributed by atoms with Gasteiger partial charge < -0.3 is 46.9 Å². The van der Waals surface area contributed by atoms with Gasteiger partial charge in [0.05, 0.1) is 41.3 Å². The maximum atomic E-state index is 6.64. The van der Waals surface area contributed by atoms with Crippen LogP contribution in [-0.4, -0.2) is 137 Å². The molecule has 10 heteroatoms. The monoisotopic (exact) mass is 855 g/mol. The van der Waals surface area contributed by atoms with E-state index in [1.807, 2.05) is 27.7 Å². The van der Waals surface area contributed by atoms with Crippen LogP contribution in [0.1, 0.15) is 196 Å². The van der Waals surface area contributed by atoms with Gasteiger partial charge in [-0.15, -0.1) is 0 Å². The molecule has 8 unspecified atom stereocenters. The fourth-order valence-electron chi connectivity index (χ4n) is 10.00. The number of hydrogen-bond acceptors (Lipinski definition) is 8. The van der Waals surface area contributed by atoms with Crippen molar-refractivity contribution in [1.82, 2.24) is 0 Å². The van der Waals surface area contributed by atoms with E-state index < -0.39 is 11.6 Å². The molecule has 4 saturated heterocycles. The number of unbranched alkanes of at least 4 members (excludes halogenated alkanes) is 21. The highest BCUT2D eigenvalue weighted by atomic mass is 16.9. The summed E-state index contributed by atoms with van der Waals surface area (Å²) in [7, 11) is 9.34. The van der Waals surface area contributed by atoms with Crippen LogP contribution in [0, 0.1) is 0 Å². The van der Waals surface area contributed by atoms with Gasteiger partial charge in [0.25, 0.3) is 0 Å². The van der Waals surface area contributed by atoms with Crippen LogP contribution in [0.4, 0.5) is 0 Å². The molecule has 8 atom stereocenters. The summed E-state index contributed by atoms with van der Waals surface area (Å²) in [4.78, 5) is 0. The van der Waals surface area contributed by atoms with Crippen LogP contribution >= 0.6 is 0 Å². The number of fused-ring (bicyclic) bond motifs is 2. The molecule has 4 rings (SSSR count). The zero-order valence-corrected chi connectivity index (χ0v) is 41.0. The molecule has 4 aliphatic heterocycles. The summed E-state index contributed by atoms with van der Waals surface area (Å²) in [5, 5.41) is 0. The molecule has 0 bridgehead atoms. The maximum Gasteiger partial charge on any atom is 0.190 e. The molecule has 0 radical (unpaired) electrons. The van der Waals surface area contributed by atoms with Crippen molar-refractivity contribution in [1.29, 1.82) is 0 Å². The highest BCUT2D eigenvalue weighted by molar-refractivity contribution is 4.95. The molecule has 4 aliphatic rings. The highest BCUT2D eigenvalue weighted by Gasteiger charge is 2.58. The number of hydrogen-bond donors (Lipinski definition) is 0. The average molecular weight is 855 g/mol. The molecular weight excluding hydrogens is 757 g/mol. The van der Waals surface area contributed by atoms with Gasteiger partial charge in [-0.05, 0) is 66.2 Å². The summed E-state index contributed by atoms with van der Waals surface area (Å²) in [6.07, 6.45) is 30.0. The van der Waals surface area contributed by atoms with Crippen molar-refractivity contribution >= 4 is 0 Å². The lowest BCUT2D eigenvalue weighted by Gasteiger charge is -2.35. The second kappa shape index (κ2) is 26.5. The molecule has 0 amide bonds. The first-order valence-corrected chi connectivity index (χ1v) is 25.5. The molecule has 10 nitrogen and oxygen atoms in total. The molecule has 0 aromatic carbocycles. The number of nitrogens with zero attached hydrogens (tertiary/aromatic N) is 2. The Balaban J connectivity index is 1.13. The third-order valence-electron chi connectivity index (χ3n) is 13.4. The van der Waals surface area contributed by atoms with E-state index >= 15 is 0 Å². The molecule has 0 aromatic heterocycles. The Morgan fingerprint density at radius 1 is 0.400 bits per heavy atom. The van der Waals surface area contributed by atoms with Crippen molar-refractivity contribution in [2.24, 2.45) is 0 Å². The Labute approximate surface area is 369 Å². The molecular formula is C50H98N2O8+2. The van der Waals surface area contributed by atoms with E-state index in [2.05, 4.69) is 42.0 Å². The van der Waals surface area contributed by atoms with Gasteiger partial charge in [0.15, 0.2) is 24.2 Å². The van der Waals surface area contributed by atoms with Gasteiger partial charge in [0.1, 0.15) is 49.7 Å². The maximum absolute atomic E-state index is 6.64. The summed E-state index contributed by atoms with van der Waals surface area (Å²) < 4.78 is 53.2.